The summed E-state index contributed by atoms with van der Waals surface area (Å²) in [6, 6.07) is 1.29. The van der Waals surface area contributed by atoms with Crippen molar-refractivity contribution >= 4 is 23.3 Å². The van der Waals surface area contributed by atoms with Gasteiger partial charge in [-0.1, -0.05) is 0 Å². The van der Waals surface area contributed by atoms with Gasteiger partial charge in [-0.05, 0) is 32.4 Å². The predicted octanol–water partition coefficient (Wildman–Crippen LogP) is 1.22. The molecule has 18 heavy (non-hydrogen) atoms. The smallest absolute Gasteiger partial charge is 0.315 e. The molecule has 98 valence electrons. The van der Waals surface area contributed by atoms with E-state index in [2.05, 4.69) is 35.9 Å². The van der Waals surface area contributed by atoms with Crippen molar-refractivity contribution in [3.8, 4) is 0 Å². The van der Waals surface area contributed by atoms with Gasteiger partial charge in [-0.3, -0.25) is 4.79 Å². The monoisotopic (exact) mass is 267 g/mol. The van der Waals surface area contributed by atoms with Gasteiger partial charge in [0.15, 0.2) is 0 Å². The van der Waals surface area contributed by atoms with Crippen LogP contribution < -0.4 is 16.0 Å². The zero-order valence-corrected chi connectivity index (χ0v) is 11.5. The quantitative estimate of drug-likeness (QED) is 0.770. The van der Waals surface area contributed by atoms with Gasteiger partial charge in [0, 0.05) is 16.3 Å². The third kappa shape index (κ3) is 2.64. The van der Waals surface area contributed by atoms with E-state index in [0.29, 0.717) is 6.54 Å². The van der Waals surface area contributed by atoms with Crippen molar-refractivity contribution in [2.75, 3.05) is 6.54 Å². The highest BCUT2D eigenvalue weighted by molar-refractivity contribution is 7.12. The Hall–Kier alpha value is -1.56. The molecule has 5 nitrogen and oxygen atoms in total. The third-order valence-corrected chi connectivity index (χ3v) is 3.97. The van der Waals surface area contributed by atoms with Crippen LogP contribution in [0.3, 0.4) is 0 Å². The predicted molar refractivity (Wildman–Crippen MR) is 70.7 cm³/mol. The lowest BCUT2D eigenvalue weighted by Crippen LogP contribution is -2.43. The first-order chi connectivity index (χ1) is 8.47. The Morgan fingerprint density at radius 1 is 1.56 bits per heavy atom. The number of hydrogen-bond donors (Lipinski definition) is 3. The Labute approximate surface area is 110 Å². The van der Waals surface area contributed by atoms with Crippen molar-refractivity contribution in [3.05, 3.63) is 21.4 Å². The summed E-state index contributed by atoms with van der Waals surface area (Å²) >= 11 is 1.72. The van der Waals surface area contributed by atoms with Crippen LogP contribution in [0.5, 0.6) is 0 Å². The van der Waals surface area contributed by atoms with Crippen LogP contribution in [0.1, 0.15) is 28.3 Å². The number of thiophene rings is 1. The van der Waals surface area contributed by atoms with E-state index in [9.17, 15) is 9.59 Å². The number of urea groups is 1. The summed E-state index contributed by atoms with van der Waals surface area (Å²) in [4.78, 5) is 25.4. The standard InChI is InChI=1S/C12H17N3O2S/c1-6-4-9(8(3)18-6)7(2)14-11(16)10-5-13-12(17)15-10/h4,7,10H,5H2,1-3H3,(H,14,16)(H2,13,15,17)/t7-,10+/m0/s1. The second kappa shape index (κ2) is 4.97. The second-order valence-electron chi connectivity index (χ2n) is 4.51. The van der Waals surface area contributed by atoms with Gasteiger partial charge < -0.3 is 16.0 Å². The molecule has 3 amide bonds. The lowest BCUT2D eigenvalue weighted by Gasteiger charge is -2.16. The van der Waals surface area contributed by atoms with Crippen LogP contribution in [0.2, 0.25) is 0 Å². The number of amides is 3. The number of nitrogens with one attached hydrogen (secondary N) is 3. The van der Waals surface area contributed by atoms with Gasteiger partial charge in [-0.2, -0.15) is 0 Å². The van der Waals surface area contributed by atoms with Crippen LogP contribution >= 0.6 is 11.3 Å². The van der Waals surface area contributed by atoms with Crippen LogP contribution in [0.4, 0.5) is 4.79 Å². The maximum Gasteiger partial charge on any atom is 0.315 e. The summed E-state index contributed by atoms with van der Waals surface area (Å²) in [5.41, 5.74) is 1.14. The van der Waals surface area contributed by atoms with Gasteiger partial charge in [0.2, 0.25) is 5.91 Å². The van der Waals surface area contributed by atoms with Crippen molar-refractivity contribution in [1.82, 2.24) is 16.0 Å². The van der Waals surface area contributed by atoms with Gasteiger partial charge in [0.05, 0.1) is 6.04 Å². The molecule has 2 heterocycles. The topological polar surface area (TPSA) is 70.2 Å². The minimum atomic E-state index is -0.472. The Morgan fingerprint density at radius 2 is 2.28 bits per heavy atom. The molecule has 0 spiro atoms. The molecule has 1 aromatic heterocycles. The molecule has 0 radical (unpaired) electrons. The van der Waals surface area contributed by atoms with Crippen LogP contribution in [0.15, 0.2) is 6.07 Å². The highest BCUT2D eigenvalue weighted by Crippen LogP contribution is 2.26. The number of aryl methyl sites for hydroxylation is 2. The molecule has 6 heteroatoms. The first kappa shape index (κ1) is 12.9. The summed E-state index contributed by atoms with van der Waals surface area (Å²) in [6.45, 7) is 6.40. The van der Waals surface area contributed by atoms with Crippen molar-refractivity contribution in [1.29, 1.82) is 0 Å². The molecule has 1 saturated heterocycles. The van der Waals surface area contributed by atoms with Crippen LogP contribution in [0, 0.1) is 13.8 Å². The van der Waals surface area contributed by atoms with Crippen LogP contribution in [0.25, 0.3) is 0 Å². The van der Waals surface area contributed by atoms with Gasteiger partial charge >= 0.3 is 6.03 Å². The van der Waals surface area contributed by atoms with E-state index in [1.54, 1.807) is 11.3 Å². The average Bonchev–Trinajstić information content (AvgIpc) is 2.84. The van der Waals surface area contributed by atoms with E-state index < -0.39 is 6.04 Å². The molecule has 0 saturated carbocycles. The number of carbonyl (C=O) groups is 2. The van der Waals surface area contributed by atoms with Gasteiger partial charge in [-0.15, -0.1) is 11.3 Å². The largest absolute Gasteiger partial charge is 0.348 e. The normalized spacial score (nSPS) is 20.2. The second-order valence-corrected chi connectivity index (χ2v) is 5.97. The zero-order valence-electron chi connectivity index (χ0n) is 10.7. The summed E-state index contributed by atoms with van der Waals surface area (Å²) in [5.74, 6) is -0.149. The number of rotatable bonds is 3. The zero-order chi connectivity index (χ0) is 13.3. The summed E-state index contributed by atoms with van der Waals surface area (Å²) in [7, 11) is 0. The maximum absolute atomic E-state index is 11.9. The average molecular weight is 267 g/mol. The maximum atomic E-state index is 11.9. The number of hydrogen-bond acceptors (Lipinski definition) is 3. The Morgan fingerprint density at radius 3 is 2.78 bits per heavy atom. The fourth-order valence-electron chi connectivity index (χ4n) is 2.09. The van der Waals surface area contributed by atoms with Gasteiger partial charge in [-0.25, -0.2) is 4.79 Å². The molecular formula is C12H17N3O2S. The molecule has 1 aliphatic rings. The van der Waals surface area contributed by atoms with Crippen molar-refractivity contribution in [2.24, 2.45) is 0 Å². The van der Waals surface area contributed by atoms with E-state index >= 15 is 0 Å². The molecule has 1 aromatic rings. The van der Waals surface area contributed by atoms with E-state index in [4.69, 9.17) is 0 Å². The minimum absolute atomic E-state index is 0.0417. The van der Waals surface area contributed by atoms with Crippen molar-refractivity contribution in [3.63, 3.8) is 0 Å². The van der Waals surface area contributed by atoms with Gasteiger partial charge in [0.1, 0.15) is 6.04 Å². The Bertz CT molecular complexity index is 484. The molecular weight excluding hydrogens is 250 g/mol. The molecule has 0 aliphatic carbocycles. The summed E-state index contributed by atoms with van der Waals surface area (Å²) < 4.78 is 0. The first-order valence-corrected chi connectivity index (χ1v) is 6.70. The van der Waals surface area contributed by atoms with Crippen LogP contribution in [-0.4, -0.2) is 24.5 Å². The lowest BCUT2D eigenvalue weighted by molar-refractivity contribution is -0.123. The third-order valence-electron chi connectivity index (χ3n) is 2.99. The fraction of sp³-hybridized carbons (Fsp3) is 0.500. The van der Waals surface area contributed by atoms with Crippen molar-refractivity contribution in [2.45, 2.75) is 32.9 Å². The van der Waals surface area contributed by atoms with Crippen LogP contribution in [-0.2, 0) is 4.79 Å². The van der Waals surface area contributed by atoms with E-state index in [-0.39, 0.29) is 18.0 Å². The molecule has 1 fully saturated rings. The summed E-state index contributed by atoms with van der Waals surface area (Å²) in [5, 5.41) is 8.07. The van der Waals surface area contributed by atoms with E-state index in [1.165, 1.54) is 9.75 Å². The number of carbonyl (C=O) groups excluding carboxylic acids is 2. The fourth-order valence-corrected chi connectivity index (χ4v) is 3.11. The molecule has 0 aromatic carbocycles. The molecule has 0 bridgehead atoms. The summed E-state index contributed by atoms with van der Waals surface area (Å²) in [6.07, 6.45) is 0. The Balaban J connectivity index is 1.99. The SMILES string of the molecule is Cc1cc([C@H](C)NC(=O)[C@H]2CNC(=O)N2)c(C)s1. The lowest BCUT2D eigenvalue weighted by atomic mass is 10.1. The van der Waals surface area contributed by atoms with Crippen molar-refractivity contribution < 1.29 is 9.59 Å². The van der Waals surface area contributed by atoms with Gasteiger partial charge in [0.25, 0.3) is 0 Å². The molecule has 3 N–H and O–H groups in total. The highest BCUT2D eigenvalue weighted by atomic mass is 32.1. The first-order valence-electron chi connectivity index (χ1n) is 5.89. The molecule has 2 rings (SSSR count). The molecule has 2 atom stereocenters. The molecule has 1 aliphatic heterocycles. The highest BCUT2D eigenvalue weighted by Gasteiger charge is 2.27. The molecule has 0 unspecified atom stereocenters. The Kier molecular flexibility index (Phi) is 3.56. The minimum Gasteiger partial charge on any atom is -0.348 e. The van der Waals surface area contributed by atoms with E-state index in [1.807, 2.05) is 6.92 Å². The van der Waals surface area contributed by atoms with E-state index in [0.717, 1.165) is 5.56 Å².